The summed E-state index contributed by atoms with van der Waals surface area (Å²) in [6, 6.07) is 32.4. The van der Waals surface area contributed by atoms with E-state index in [2.05, 4.69) is 21.9 Å². The van der Waals surface area contributed by atoms with Gasteiger partial charge in [0.1, 0.15) is 11.3 Å². The predicted octanol–water partition coefficient (Wildman–Crippen LogP) is 7.26. The number of anilines is 1. The molecule has 1 aliphatic carbocycles. The fourth-order valence-electron chi connectivity index (χ4n) is 8.09. The standard InChI is InChI=1S/C38H29N5O5.C4H8O2/c1-3-48-35(44)33-34-31(27-11-7-8-12-29(27)41-34)32(25-14-16-26(17-15-25)43(46)47)37(21-39,22-40)38(33)28-19-23(2)13-18-30(28)42(36(38)45)20-24-9-5-4-6-10-24;1-3-6-4(2)5/h4-19,32-33,41H,3,20H2,1-2H3;3H2,1-2H3/t32-,33+,38-;/m1./s1. The second-order valence-corrected chi connectivity index (χ2v) is 13.1. The number of nitrogens with one attached hydrogen (secondary N) is 1. The number of amides is 1. The Kier molecular flexibility index (Phi) is 10.1. The second kappa shape index (κ2) is 14.7. The Bertz CT molecular complexity index is 2340. The molecule has 1 aliphatic heterocycles. The van der Waals surface area contributed by atoms with Crippen LogP contribution in [0.1, 0.15) is 66.1 Å². The van der Waals surface area contributed by atoms with Crippen molar-refractivity contribution in [2.45, 2.75) is 51.5 Å². The number of esters is 2. The molecule has 2 aliphatic rings. The van der Waals surface area contributed by atoms with Crippen LogP contribution in [0.15, 0.2) is 97.1 Å². The van der Waals surface area contributed by atoms with Gasteiger partial charge in [-0.15, -0.1) is 0 Å². The quantitative estimate of drug-likeness (QED) is 0.103. The lowest BCUT2D eigenvalue weighted by molar-refractivity contribution is -0.384. The van der Waals surface area contributed by atoms with Crippen LogP contribution in [-0.2, 0) is 35.8 Å². The summed E-state index contributed by atoms with van der Waals surface area (Å²) < 4.78 is 10.1. The fraction of sp³-hybridized carbons (Fsp3) is 0.262. The number of fused-ring (bicyclic) bond motifs is 5. The van der Waals surface area contributed by atoms with Crippen LogP contribution in [-0.4, -0.2) is 41.0 Å². The Morgan fingerprint density at radius 1 is 0.926 bits per heavy atom. The number of nitriles is 2. The number of hydrogen-bond donors (Lipinski definition) is 1. The third-order valence-electron chi connectivity index (χ3n) is 10.1. The topological polar surface area (TPSA) is 179 Å². The average Bonchev–Trinajstić information content (AvgIpc) is 3.65. The predicted molar refractivity (Wildman–Crippen MR) is 199 cm³/mol. The molecule has 0 unspecified atom stereocenters. The molecule has 0 radical (unpaired) electrons. The van der Waals surface area contributed by atoms with E-state index in [1.807, 2.05) is 67.6 Å². The molecular weight excluding hydrogens is 686 g/mol. The van der Waals surface area contributed by atoms with E-state index >= 15 is 4.79 Å². The number of benzene rings is 4. The zero-order valence-corrected chi connectivity index (χ0v) is 30.2. The van der Waals surface area contributed by atoms with E-state index in [0.717, 1.165) is 11.1 Å². The number of aromatic amines is 1. The van der Waals surface area contributed by atoms with Gasteiger partial charge in [0, 0.05) is 47.3 Å². The largest absolute Gasteiger partial charge is 0.466 e. The van der Waals surface area contributed by atoms with Crippen molar-refractivity contribution in [2.24, 2.45) is 5.41 Å². The molecule has 12 nitrogen and oxygen atoms in total. The van der Waals surface area contributed by atoms with Gasteiger partial charge >= 0.3 is 11.9 Å². The summed E-state index contributed by atoms with van der Waals surface area (Å²) in [6.45, 7) is 7.30. The van der Waals surface area contributed by atoms with E-state index in [4.69, 9.17) is 4.74 Å². The van der Waals surface area contributed by atoms with Gasteiger partial charge < -0.3 is 19.4 Å². The third-order valence-corrected chi connectivity index (χ3v) is 10.1. The van der Waals surface area contributed by atoms with Gasteiger partial charge in [0.2, 0.25) is 5.91 Å². The number of ether oxygens (including phenoxy) is 2. The van der Waals surface area contributed by atoms with Crippen LogP contribution < -0.4 is 4.90 Å². The maximum atomic E-state index is 15.6. The Morgan fingerprint density at radius 3 is 2.17 bits per heavy atom. The number of non-ortho nitro benzene ring substituents is 1. The summed E-state index contributed by atoms with van der Waals surface area (Å²) in [5, 5.41) is 35.3. The Hall–Kier alpha value is -6.79. The number of aromatic nitrogens is 1. The molecule has 7 rings (SSSR count). The number of carbonyl (C=O) groups is 3. The Morgan fingerprint density at radius 2 is 1.57 bits per heavy atom. The minimum atomic E-state index is -2.23. The SMILES string of the molecule is CCOC(=O)[C@@H]1c2[nH]c3ccccc3c2[C@@H](c2ccc([N+](=O)[O-])cc2)C(C#N)(C#N)[C@@]12C(=O)N(Cc1ccccc1)c1ccc(C)cc12.CCOC(C)=O. The lowest BCUT2D eigenvalue weighted by Gasteiger charge is -2.50. The minimum Gasteiger partial charge on any atom is -0.466 e. The number of carbonyl (C=O) groups excluding carboxylic acids is 3. The van der Waals surface area contributed by atoms with E-state index < -0.39 is 39.5 Å². The van der Waals surface area contributed by atoms with Crippen LogP contribution >= 0.6 is 0 Å². The van der Waals surface area contributed by atoms with E-state index in [1.54, 1.807) is 30.9 Å². The second-order valence-electron chi connectivity index (χ2n) is 13.1. The smallest absolute Gasteiger partial charge is 0.316 e. The highest BCUT2D eigenvalue weighted by molar-refractivity contribution is 6.14. The van der Waals surface area contributed by atoms with Gasteiger partial charge in [-0.3, -0.25) is 24.5 Å². The Balaban J connectivity index is 0.000000767. The van der Waals surface area contributed by atoms with Crippen LogP contribution in [0.5, 0.6) is 0 Å². The highest BCUT2D eigenvalue weighted by Crippen LogP contribution is 2.68. The van der Waals surface area contributed by atoms with Gasteiger partial charge in [-0.2, -0.15) is 10.5 Å². The number of rotatable bonds is 7. The highest BCUT2D eigenvalue weighted by Gasteiger charge is 2.76. The summed E-state index contributed by atoms with van der Waals surface area (Å²) >= 11 is 0. The number of H-pyrrole nitrogens is 1. The zero-order valence-electron chi connectivity index (χ0n) is 30.2. The van der Waals surface area contributed by atoms with Gasteiger partial charge in [-0.25, -0.2) is 0 Å². The number of aryl methyl sites for hydroxylation is 1. The maximum absolute atomic E-state index is 15.6. The normalized spacial score (nSPS) is 19.1. The number of nitro groups is 1. The van der Waals surface area contributed by atoms with Gasteiger partial charge in [0.25, 0.3) is 5.69 Å². The molecule has 1 spiro atoms. The van der Waals surface area contributed by atoms with Gasteiger partial charge in [0.15, 0.2) is 5.41 Å². The van der Waals surface area contributed by atoms with E-state index in [-0.39, 0.29) is 24.8 Å². The first-order valence-electron chi connectivity index (χ1n) is 17.4. The number of nitro benzene ring substituents is 1. The van der Waals surface area contributed by atoms with Crippen LogP contribution in [0, 0.1) is 45.1 Å². The first-order valence-corrected chi connectivity index (χ1v) is 17.4. The maximum Gasteiger partial charge on any atom is 0.316 e. The van der Waals surface area contributed by atoms with Gasteiger partial charge in [-0.05, 0) is 55.2 Å². The minimum absolute atomic E-state index is 0.00145. The van der Waals surface area contributed by atoms with E-state index in [0.29, 0.717) is 45.6 Å². The van der Waals surface area contributed by atoms with Crippen molar-refractivity contribution in [3.63, 3.8) is 0 Å². The highest BCUT2D eigenvalue weighted by atomic mass is 16.6. The molecular formula is C42H37N5O7. The molecule has 0 bridgehead atoms. The molecule has 0 saturated carbocycles. The average molecular weight is 724 g/mol. The molecule has 0 fully saturated rings. The van der Waals surface area contributed by atoms with E-state index in [9.17, 15) is 30.2 Å². The Labute approximate surface area is 311 Å². The fourth-order valence-corrected chi connectivity index (χ4v) is 8.09. The first-order chi connectivity index (χ1) is 26.0. The molecule has 0 saturated heterocycles. The number of para-hydroxylation sites is 1. The van der Waals surface area contributed by atoms with Crippen molar-refractivity contribution < 1.29 is 28.8 Å². The molecule has 1 aromatic heterocycles. The van der Waals surface area contributed by atoms with Crippen LogP contribution in [0.3, 0.4) is 0 Å². The van der Waals surface area contributed by atoms with Crippen molar-refractivity contribution in [2.75, 3.05) is 18.1 Å². The van der Waals surface area contributed by atoms with Crippen molar-refractivity contribution >= 4 is 40.1 Å². The molecule has 5 aromatic rings. The van der Waals surface area contributed by atoms with Crippen molar-refractivity contribution in [1.29, 1.82) is 10.5 Å². The lowest BCUT2D eigenvalue weighted by Crippen LogP contribution is -2.62. The van der Waals surface area contributed by atoms with Crippen LogP contribution in [0.4, 0.5) is 11.4 Å². The summed E-state index contributed by atoms with van der Waals surface area (Å²) in [4.78, 5) is 55.9. The summed E-state index contributed by atoms with van der Waals surface area (Å²) in [7, 11) is 0. The molecule has 1 amide bonds. The van der Waals surface area contributed by atoms with Crippen LogP contribution in [0.2, 0.25) is 0 Å². The molecule has 3 atom stereocenters. The molecule has 2 heterocycles. The molecule has 1 N–H and O–H groups in total. The number of hydrogen-bond acceptors (Lipinski definition) is 9. The van der Waals surface area contributed by atoms with Crippen molar-refractivity contribution in [3.8, 4) is 12.1 Å². The van der Waals surface area contributed by atoms with Gasteiger partial charge in [0.05, 0.1) is 36.8 Å². The molecule has 12 heteroatoms. The third kappa shape index (κ3) is 5.73. The zero-order chi connectivity index (χ0) is 38.8. The first kappa shape index (κ1) is 37.0. The molecule has 4 aromatic carbocycles. The van der Waals surface area contributed by atoms with Crippen molar-refractivity contribution in [3.05, 3.63) is 141 Å². The van der Waals surface area contributed by atoms with E-state index in [1.165, 1.54) is 31.2 Å². The summed E-state index contributed by atoms with van der Waals surface area (Å²) in [5.74, 6) is -4.06. The lowest BCUT2D eigenvalue weighted by atomic mass is 9.45. The summed E-state index contributed by atoms with van der Waals surface area (Å²) in [6.07, 6.45) is 0. The number of nitrogens with zero attached hydrogens (tertiary/aromatic N) is 4. The summed E-state index contributed by atoms with van der Waals surface area (Å²) in [5.41, 5.74) is -0.124. The molecule has 272 valence electrons. The monoisotopic (exact) mass is 723 g/mol. The molecule has 54 heavy (non-hydrogen) atoms. The van der Waals surface area contributed by atoms with Gasteiger partial charge in [-0.1, -0.05) is 78.4 Å². The van der Waals surface area contributed by atoms with Crippen LogP contribution in [0.25, 0.3) is 10.9 Å². The van der Waals surface area contributed by atoms with Crippen molar-refractivity contribution in [1.82, 2.24) is 4.98 Å².